The van der Waals surface area contributed by atoms with E-state index in [0.29, 0.717) is 10.6 Å². The van der Waals surface area contributed by atoms with Crippen LogP contribution in [0.5, 0.6) is 0 Å². The summed E-state index contributed by atoms with van der Waals surface area (Å²) in [6.07, 6.45) is 2.81. The molecule has 0 aliphatic heterocycles. The van der Waals surface area contributed by atoms with Crippen molar-refractivity contribution >= 4 is 10.0 Å². The van der Waals surface area contributed by atoms with Crippen LogP contribution in [0.2, 0.25) is 0 Å². The minimum absolute atomic E-state index is 0.121. The summed E-state index contributed by atoms with van der Waals surface area (Å²) in [7, 11) is -3.42. The molecule has 0 aromatic carbocycles. The molecule has 1 fully saturated rings. The normalized spacial score (nSPS) is 15.8. The van der Waals surface area contributed by atoms with Crippen LogP contribution in [0.1, 0.15) is 37.6 Å². The Morgan fingerprint density at radius 3 is 2.65 bits per heavy atom. The lowest BCUT2D eigenvalue weighted by atomic mass is 10.4. The second-order valence-corrected chi connectivity index (χ2v) is 6.98. The Balaban J connectivity index is 2.11. The van der Waals surface area contributed by atoms with Crippen LogP contribution < -0.4 is 10.0 Å². The average molecular weight is 300 g/mol. The van der Waals surface area contributed by atoms with Gasteiger partial charge in [-0.2, -0.15) is 5.10 Å². The predicted octanol–water partition coefficient (Wildman–Crippen LogP) is 0.940. The molecule has 0 unspecified atom stereocenters. The predicted molar refractivity (Wildman–Crippen MR) is 78.2 cm³/mol. The number of nitrogens with zero attached hydrogens (tertiary/aromatic N) is 2. The third-order valence-corrected chi connectivity index (χ3v) is 5.23. The molecule has 2 rings (SSSR count). The van der Waals surface area contributed by atoms with Crippen molar-refractivity contribution in [3.8, 4) is 0 Å². The lowest BCUT2D eigenvalue weighted by Crippen LogP contribution is -2.26. The Kier molecular flexibility index (Phi) is 4.82. The van der Waals surface area contributed by atoms with E-state index in [-0.39, 0.29) is 6.04 Å². The Bertz CT molecular complexity index is 561. The molecule has 0 spiro atoms. The van der Waals surface area contributed by atoms with E-state index < -0.39 is 10.0 Å². The van der Waals surface area contributed by atoms with Crippen LogP contribution in [0.25, 0.3) is 0 Å². The number of aryl methyl sites for hydroxylation is 2. The van der Waals surface area contributed by atoms with E-state index in [1.54, 1.807) is 11.6 Å². The van der Waals surface area contributed by atoms with Gasteiger partial charge in [-0.15, -0.1) is 0 Å². The van der Waals surface area contributed by atoms with Gasteiger partial charge in [-0.3, -0.25) is 4.68 Å². The minimum atomic E-state index is -3.42. The Hall–Kier alpha value is -0.920. The maximum atomic E-state index is 12.3. The fourth-order valence-corrected chi connectivity index (χ4v) is 4.01. The standard InChI is InChI=1S/C13H24N4O2S/c1-4-14-8-5-9-17-11(3)13(10(2)15-17)20(18,19)16-12-6-7-12/h12,14,16H,4-9H2,1-3H3. The van der Waals surface area contributed by atoms with E-state index in [4.69, 9.17) is 0 Å². The second-order valence-electron chi connectivity index (χ2n) is 5.33. The maximum Gasteiger partial charge on any atom is 0.244 e. The van der Waals surface area contributed by atoms with Crippen molar-refractivity contribution in [2.75, 3.05) is 13.1 Å². The molecule has 0 amide bonds. The van der Waals surface area contributed by atoms with Crippen LogP contribution in [0, 0.1) is 13.8 Å². The highest BCUT2D eigenvalue weighted by atomic mass is 32.2. The van der Waals surface area contributed by atoms with Gasteiger partial charge in [0.15, 0.2) is 0 Å². The summed E-state index contributed by atoms with van der Waals surface area (Å²) in [4.78, 5) is 0.354. The van der Waals surface area contributed by atoms with Gasteiger partial charge >= 0.3 is 0 Å². The van der Waals surface area contributed by atoms with Gasteiger partial charge < -0.3 is 5.32 Å². The molecule has 0 saturated heterocycles. The van der Waals surface area contributed by atoms with Gasteiger partial charge in [0, 0.05) is 12.6 Å². The number of nitrogens with one attached hydrogen (secondary N) is 2. The molecule has 1 saturated carbocycles. The fourth-order valence-electron chi connectivity index (χ4n) is 2.30. The first kappa shape index (κ1) is 15.5. The topological polar surface area (TPSA) is 76.0 Å². The van der Waals surface area contributed by atoms with Crippen LogP contribution in [-0.4, -0.2) is 37.3 Å². The second kappa shape index (κ2) is 6.24. The summed E-state index contributed by atoms with van der Waals surface area (Å²) >= 11 is 0. The zero-order chi connectivity index (χ0) is 14.8. The highest BCUT2D eigenvalue weighted by Gasteiger charge is 2.31. The van der Waals surface area contributed by atoms with E-state index in [1.807, 2.05) is 6.92 Å². The molecular weight excluding hydrogens is 276 g/mol. The lowest BCUT2D eigenvalue weighted by Gasteiger charge is -2.07. The van der Waals surface area contributed by atoms with E-state index in [9.17, 15) is 8.42 Å². The largest absolute Gasteiger partial charge is 0.317 e. The third kappa shape index (κ3) is 3.59. The zero-order valence-corrected chi connectivity index (χ0v) is 13.3. The van der Waals surface area contributed by atoms with E-state index >= 15 is 0 Å². The van der Waals surface area contributed by atoms with Gasteiger partial charge in [0.2, 0.25) is 10.0 Å². The third-order valence-electron chi connectivity index (χ3n) is 3.46. The van der Waals surface area contributed by atoms with Crippen molar-refractivity contribution < 1.29 is 8.42 Å². The van der Waals surface area contributed by atoms with Crippen molar-refractivity contribution in [2.45, 2.75) is 57.5 Å². The Morgan fingerprint density at radius 1 is 1.35 bits per heavy atom. The van der Waals surface area contributed by atoms with Crippen molar-refractivity contribution in [1.29, 1.82) is 0 Å². The molecule has 1 aromatic heterocycles. The molecule has 2 N–H and O–H groups in total. The quantitative estimate of drug-likeness (QED) is 0.701. The van der Waals surface area contributed by atoms with E-state index in [0.717, 1.165) is 44.6 Å². The van der Waals surface area contributed by atoms with Gasteiger partial charge in [-0.1, -0.05) is 6.92 Å². The summed E-state index contributed by atoms with van der Waals surface area (Å²) in [5.74, 6) is 0. The number of aromatic nitrogens is 2. The van der Waals surface area contributed by atoms with Gasteiger partial charge in [0.05, 0.1) is 11.4 Å². The summed E-state index contributed by atoms with van der Waals surface area (Å²) in [6.45, 7) is 8.25. The number of hydrogen-bond acceptors (Lipinski definition) is 4. The van der Waals surface area contributed by atoms with Crippen molar-refractivity contribution in [3.63, 3.8) is 0 Å². The van der Waals surface area contributed by atoms with Crippen LogP contribution in [0.4, 0.5) is 0 Å². The Morgan fingerprint density at radius 2 is 2.05 bits per heavy atom. The van der Waals surface area contributed by atoms with Gasteiger partial charge in [0.25, 0.3) is 0 Å². The molecule has 0 atom stereocenters. The molecule has 1 aliphatic carbocycles. The number of sulfonamides is 1. The summed E-state index contributed by atoms with van der Waals surface area (Å²) < 4.78 is 29.2. The van der Waals surface area contributed by atoms with Crippen LogP contribution in [-0.2, 0) is 16.6 Å². The SMILES string of the molecule is CCNCCCn1nc(C)c(S(=O)(=O)NC2CC2)c1C. The number of hydrogen-bond donors (Lipinski definition) is 2. The minimum Gasteiger partial charge on any atom is -0.317 e. The molecular formula is C13H24N4O2S. The zero-order valence-electron chi connectivity index (χ0n) is 12.4. The molecule has 1 heterocycles. The summed E-state index contributed by atoms with van der Waals surface area (Å²) in [6, 6.07) is 0.121. The van der Waals surface area contributed by atoms with Crippen LogP contribution in [0.3, 0.4) is 0 Å². The monoisotopic (exact) mass is 300 g/mol. The molecule has 0 bridgehead atoms. The summed E-state index contributed by atoms with van der Waals surface area (Å²) in [5, 5.41) is 7.62. The molecule has 7 heteroatoms. The van der Waals surface area contributed by atoms with Gasteiger partial charge in [0.1, 0.15) is 4.90 Å². The molecule has 20 heavy (non-hydrogen) atoms. The van der Waals surface area contributed by atoms with Crippen molar-refractivity contribution in [1.82, 2.24) is 19.8 Å². The van der Waals surface area contributed by atoms with E-state index in [2.05, 4.69) is 22.1 Å². The fraction of sp³-hybridized carbons (Fsp3) is 0.769. The molecule has 6 nitrogen and oxygen atoms in total. The maximum absolute atomic E-state index is 12.3. The lowest BCUT2D eigenvalue weighted by molar-refractivity contribution is 0.536. The number of rotatable bonds is 8. The highest BCUT2D eigenvalue weighted by molar-refractivity contribution is 7.89. The van der Waals surface area contributed by atoms with Crippen LogP contribution >= 0.6 is 0 Å². The van der Waals surface area contributed by atoms with Crippen molar-refractivity contribution in [2.24, 2.45) is 0 Å². The van der Waals surface area contributed by atoms with E-state index in [1.165, 1.54) is 0 Å². The van der Waals surface area contributed by atoms with Gasteiger partial charge in [-0.25, -0.2) is 13.1 Å². The van der Waals surface area contributed by atoms with Gasteiger partial charge in [-0.05, 0) is 46.2 Å². The van der Waals surface area contributed by atoms with Crippen molar-refractivity contribution in [3.05, 3.63) is 11.4 Å². The molecule has 0 radical (unpaired) electrons. The average Bonchev–Trinajstić information content (AvgIpc) is 3.10. The summed E-state index contributed by atoms with van der Waals surface area (Å²) in [5.41, 5.74) is 1.31. The first-order chi connectivity index (χ1) is 9.45. The Labute approximate surface area is 121 Å². The smallest absolute Gasteiger partial charge is 0.244 e. The molecule has 1 aliphatic rings. The highest BCUT2D eigenvalue weighted by Crippen LogP contribution is 2.25. The molecule has 114 valence electrons. The van der Waals surface area contributed by atoms with Crippen LogP contribution in [0.15, 0.2) is 4.90 Å². The molecule has 1 aromatic rings. The first-order valence-electron chi connectivity index (χ1n) is 7.22. The first-order valence-corrected chi connectivity index (χ1v) is 8.71.